The quantitative estimate of drug-likeness (QED) is 0.145. The number of para-hydroxylation sites is 3. The van der Waals surface area contributed by atoms with E-state index in [-0.39, 0.29) is 0 Å². The zero-order chi connectivity index (χ0) is 49.0. The summed E-state index contributed by atoms with van der Waals surface area (Å²) < 4.78 is 4.92. The highest BCUT2D eigenvalue weighted by Crippen LogP contribution is 2.47. The molecule has 0 fully saturated rings. The SMILES string of the molecule is c1ccc(-c2ccc(-c3cc(-c4nc(-c5ccccc5)nc(-c5ccccc5)n4)cc(-c4ccc(-c5ccccc5)cc4)c3-n3c4ccccc4c4c5c6ccccc6n(-c6ccccc6)c5ccc43)cc2)cc1. The maximum atomic E-state index is 5.33. The fourth-order valence-corrected chi connectivity index (χ4v) is 10.9. The molecule has 14 rings (SSSR count). The molecule has 0 saturated heterocycles. The highest BCUT2D eigenvalue weighted by atomic mass is 15.0. The fraction of sp³-hybridized carbons (Fsp3) is 0. The van der Waals surface area contributed by atoms with Crippen molar-refractivity contribution in [2.45, 2.75) is 0 Å². The number of hydrogen-bond donors (Lipinski definition) is 0. The summed E-state index contributed by atoms with van der Waals surface area (Å²) in [5, 5.41) is 4.83. The summed E-state index contributed by atoms with van der Waals surface area (Å²) >= 11 is 0. The number of aromatic nitrogens is 5. The Morgan fingerprint density at radius 1 is 0.230 bits per heavy atom. The van der Waals surface area contributed by atoms with Crippen molar-refractivity contribution in [1.29, 1.82) is 0 Å². The van der Waals surface area contributed by atoms with Crippen molar-refractivity contribution in [2.24, 2.45) is 0 Å². The van der Waals surface area contributed by atoms with Gasteiger partial charge in [0.2, 0.25) is 0 Å². The van der Waals surface area contributed by atoms with Crippen LogP contribution >= 0.6 is 0 Å². The van der Waals surface area contributed by atoms with Crippen molar-refractivity contribution in [3.63, 3.8) is 0 Å². The van der Waals surface area contributed by atoms with Gasteiger partial charge in [-0.3, -0.25) is 0 Å². The average molecular weight is 944 g/mol. The molecule has 0 N–H and O–H groups in total. The molecular formula is C69H45N5. The van der Waals surface area contributed by atoms with Crippen LogP contribution in [0.5, 0.6) is 0 Å². The first-order chi connectivity index (χ1) is 36.7. The Kier molecular flexibility index (Phi) is 10.4. The molecule has 0 unspecified atom stereocenters. The van der Waals surface area contributed by atoms with Gasteiger partial charge in [-0.05, 0) is 81.9 Å². The number of rotatable bonds is 9. The first kappa shape index (κ1) is 42.9. The summed E-state index contributed by atoms with van der Waals surface area (Å²) in [6, 6.07) is 97.4. The smallest absolute Gasteiger partial charge is 0.164 e. The summed E-state index contributed by atoms with van der Waals surface area (Å²) in [6.45, 7) is 0. The molecule has 0 saturated carbocycles. The summed E-state index contributed by atoms with van der Waals surface area (Å²) in [4.78, 5) is 15.8. The van der Waals surface area contributed by atoms with Crippen LogP contribution in [0.15, 0.2) is 273 Å². The second kappa shape index (κ2) is 18.0. The zero-order valence-corrected chi connectivity index (χ0v) is 40.2. The molecule has 74 heavy (non-hydrogen) atoms. The Morgan fingerprint density at radius 2 is 0.554 bits per heavy atom. The minimum atomic E-state index is 0.589. The van der Waals surface area contributed by atoms with Gasteiger partial charge in [-0.15, -0.1) is 0 Å². The first-order valence-electron chi connectivity index (χ1n) is 25.1. The minimum Gasteiger partial charge on any atom is -0.309 e. The largest absolute Gasteiger partial charge is 0.309 e. The van der Waals surface area contributed by atoms with Crippen molar-refractivity contribution in [2.75, 3.05) is 0 Å². The van der Waals surface area contributed by atoms with Gasteiger partial charge in [0.1, 0.15) is 0 Å². The van der Waals surface area contributed by atoms with E-state index in [2.05, 4.69) is 246 Å². The Balaban J connectivity index is 1.11. The van der Waals surface area contributed by atoms with Gasteiger partial charge >= 0.3 is 0 Å². The van der Waals surface area contributed by atoms with Crippen LogP contribution in [0.25, 0.3) is 134 Å². The molecule has 0 aliphatic rings. The Hall–Kier alpha value is -9.97. The van der Waals surface area contributed by atoms with Crippen molar-refractivity contribution in [3.05, 3.63) is 273 Å². The van der Waals surface area contributed by atoms with Crippen LogP contribution in [-0.4, -0.2) is 24.1 Å². The summed E-state index contributed by atoms with van der Waals surface area (Å²) in [6.07, 6.45) is 0. The number of fused-ring (bicyclic) bond motifs is 7. The molecule has 5 nitrogen and oxygen atoms in total. The van der Waals surface area contributed by atoms with E-state index in [1.54, 1.807) is 0 Å². The molecule has 14 aromatic rings. The van der Waals surface area contributed by atoms with Gasteiger partial charge in [0.25, 0.3) is 0 Å². The lowest BCUT2D eigenvalue weighted by molar-refractivity contribution is 1.07. The van der Waals surface area contributed by atoms with Gasteiger partial charge in [-0.2, -0.15) is 0 Å². The molecule has 0 radical (unpaired) electrons. The summed E-state index contributed by atoms with van der Waals surface area (Å²) in [5.41, 5.74) is 18.3. The van der Waals surface area contributed by atoms with E-state index in [0.717, 1.165) is 78.0 Å². The predicted octanol–water partition coefficient (Wildman–Crippen LogP) is 17.7. The van der Waals surface area contributed by atoms with Crippen LogP contribution in [0.3, 0.4) is 0 Å². The van der Waals surface area contributed by atoms with E-state index >= 15 is 0 Å². The molecular weight excluding hydrogens is 899 g/mol. The molecule has 3 aromatic heterocycles. The molecule has 0 aliphatic heterocycles. The van der Waals surface area contributed by atoms with Crippen molar-refractivity contribution in [1.82, 2.24) is 24.1 Å². The monoisotopic (exact) mass is 943 g/mol. The zero-order valence-electron chi connectivity index (χ0n) is 40.2. The third kappa shape index (κ3) is 7.37. The Bertz CT molecular complexity index is 4190. The molecule has 0 spiro atoms. The maximum Gasteiger partial charge on any atom is 0.164 e. The van der Waals surface area contributed by atoms with Crippen molar-refractivity contribution < 1.29 is 0 Å². The fourth-order valence-electron chi connectivity index (χ4n) is 10.9. The van der Waals surface area contributed by atoms with Crippen LogP contribution < -0.4 is 0 Å². The second-order valence-electron chi connectivity index (χ2n) is 18.7. The Labute approximate surface area is 428 Å². The second-order valence-corrected chi connectivity index (χ2v) is 18.7. The lowest BCUT2D eigenvalue weighted by Crippen LogP contribution is -2.04. The molecule has 0 bridgehead atoms. The van der Waals surface area contributed by atoms with Crippen LogP contribution in [0.1, 0.15) is 0 Å². The van der Waals surface area contributed by atoms with Crippen molar-refractivity contribution in [3.8, 4) is 90.0 Å². The lowest BCUT2D eigenvalue weighted by atomic mass is 9.91. The molecule has 0 aliphatic carbocycles. The third-order valence-electron chi connectivity index (χ3n) is 14.4. The normalized spacial score (nSPS) is 11.5. The van der Waals surface area contributed by atoms with E-state index in [1.165, 1.54) is 38.2 Å². The highest BCUT2D eigenvalue weighted by Gasteiger charge is 2.26. The van der Waals surface area contributed by atoms with Gasteiger partial charge < -0.3 is 9.13 Å². The van der Waals surface area contributed by atoms with E-state index in [1.807, 2.05) is 36.4 Å². The van der Waals surface area contributed by atoms with Gasteiger partial charge in [0, 0.05) is 55.0 Å². The molecule has 3 heterocycles. The number of hydrogen-bond acceptors (Lipinski definition) is 3. The standard InChI is InChI=1S/C69H45N5/c1-6-20-46(21-7-1)48-34-38-50(39-35-48)58-44-54(69-71-67(52-24-10-3-11-25-52)70-68(72-69)53-26-12-4-13-27-53)45-59(51-40-36-49(37-41-51)47-22-8-2-9-23-47)66(58)74-61-33-19-17-31-57(61)65-63(74)43-42-62-64(65)56-30-16-18-32-60(56)73(62)55-28-14-5-15-29-55/h1-45H. The molecule has 11 aromatic carbocycles. The van der Waals surface area contributed by atoms with E-state index in [9.17, 15) is 0 Å². The van der Waals surface area contributed by atoms with E-state index < -0.39 is 0 Å². The predicted molar refractivity (Wildman–Crippen MR) is 307 cm³/mol. The van der Waals surface area contributed by atoms with Gasteiger partial charge in [0.05, 0.1) is 27.8 Å². The Morgan fingerprint density at radius 3 is 1.00 bits per heavy atom. The average Bonchev–Trinajstić information content (AvgIpc) is 4.02. The van der Waals surface area contributed by atoms with Crippen molar-refractivity contribution >= 4 is 43.6 Å². The maximum absolute atomic E-state index is 5.33. The molecule has 346 valence electrons. The van der Waals surface area contributed by atoms with Crippen LogP contribution in [0.2, 0.25) is 0 Å². The van der Waals surface area contributed by atoms with Crippen LogP contribution in [-0.2, 0) is 0 Å². The molecule has 0 amide bonds. The molecule has 0 atom stereocenters. The van der Waals surface area contributed by atoms with Gasteiger partial charge in [0.15, 0.2) is 17.5 Å². The van der Waals surface area contributed by atoms with Crippen LogP contribution in [0, 0.1) is 0 Å². The highest BCUT2D eigenvalue weighted by molar-refractivity contribution is 6.29. The summed E-state index contributed by atoms with van der Waals surface area (Å²) in [7, 11) is 0. The van der Waals surface area contributed by atoms with Crippen LogP contribution in [0.4, 0.5) is 0 Å². The lowest BCUT2D eigenvalue weighted by Gasteiger charge is -2.21. The molecule has 5 heteroatoms. The van der Waals surface area contributed by atoms with Gasteiger partial charge in [-0.1, -0.05) is 224 Å². The van der Waals surface area contributed by atoms with Gasteiger partial charge in [-0.25, -0.2) is 15.0 Å². The third-order valence-corrected chi connectivity index (χ3v) is 14.4. The number of nitrogens with zero attached hydrogens (tertiary/aromatic N) is 5. The van der Waals surface area contributed by atoms with E-state index in [0.29, 0.717) is 17.5 Å². The first-order valence-corrected chi connectivity index (χ1v) is 25.1. The van der Waals surface area contributed by atoms with E-state index in [4.69, 9.17) is 15.0 Å². The number of benzene rings is 11. The topological polar surface area (TPSA) is 48.5 Å². The summed E-state index contributed by atoms with van der Waals surface area (Å²) in [5.74, 6) is 1.82. The minimum absolute atomic E-state index is 0.589.